The smallest absolute Gasteiger partial charge is 0.187 e. The highest BCUT2D eigenvalue weighted by atomic mass is 16.8. The molecule has 4 aliphatic carbocycles. The van der Waals surface area contributed by atoms with E-state index in [0.29, 0.717) is 31.3 Å². The van der Waals surface area contributed by atoms with E-state index < -0.39 is 85.0 Å². The lowest BCUT2D eigenvalue weighted by molar-refractivity contribution is -0.376. The van der Waals surface area contributed by atoms with Crippen LogP contribution in [-0.4, -0.2) is 146 Å². The van der Waals surface area contributed by atoms with Crippen molar-refractivity contribution in [2.45, 2.75) is 203 Å². The van der Waals surface area contributed by atoms with Gasteiger partial charge in [0.2, 0.25) is 0 Å². The standard InChI is InChI=1S/C42H68O14/c1-19-27(44)29(46)31(48)34(51-19)54-32-30(47)28(45)21(16-43)52-35(32)53-24-12-13-38(6)22(36(24,2)3)11-14-39(7)23(38)10-9-20-33-40(8)26(15-25(55-40)37(4,5)49)56-42(33)17-41(20,39)18-50-42/h19-35,43-49H,9-18H2,1-8H3/t19-,20?,21+,22?,23?,24?,25?,26?,27-,28-,29+,30-,31+,32+,33?,34-,35-,38?,39?,40?,41?,42?/m0/s1. The number of ether oxygens (including phenoxy) is 7. The molecular formula is C42H68O14. The molecule has 0 aromatic carbocycles. The number of hydrogen-bond acceptors (Lipinski definition) is 14. The monoisotopic (exact) mass is 796 g/mol. The molecular weight excluding hydrogens is 728 g/mol. The van der Waals surface area contributed by atoms with E-state index in [9.17, 15) is 35.7 Å². The summed E-state index contributed by atoms with van der Waals surface area (Å²) in [6, 6.07) is 0. The highest BCUT2D eigenvalue weighted by Gasteiger charge is 2.84. The molecule has 0 aromatic rings. The molecule has 14 heteroatoms. The van der Waals surface area contributed by atoms with Crippen molar-refractivity contribution in [3.05, 3.63) is 0 Å². The van der Waals surface area contributed by atoms with Crippen molar-refractivity contribution in [3.63, 3.8) is 0 Å². The van der Waals surface area contributed by atoms with Crippen molar-refractivity contribution in [2.75, 3.05) is 13.2 Å². The molecule has 0 radical (unpaired) electrons. The van der Waals surface area contributed by atoms with Gasteiger partial charge in [0.25, 0.3) is 0 Å². The average Bonchev–Trinajstić information content (AvgIpc) is 3.82. The highest BCUT2D eigenvalue weighted by Crippen LogP contribution is 2.81. The zero-order chi connectivity index (χ0) is 40.3. The summed E-state index contributed by atoms with van der Waals surface area (Å²) in [5, 5.41) is 74.7. The minimum absolute atomic E-state index is 0.00742. The van der Waals surface area contributed by atoms with Crippen LogP contribution < -0.4 is 0 Å². The predicted molar refractivity (Wildman–Crippen MR) is 196 cm³/mol. The van der Waals surface area contributed by atoms with E-state index in [4.69, 9.17) is 33.2 Å². The number of hydrogen-bond donors (Lipinski definition) is 7. The van der Waals surface area contributed by atoms with E-state index in [0.717, 1.165) is 38.5 Å². The van der Waals surface area contributed by atoms with E-state index in [1.165, 1.54) is 6.92 Å². The van der Waals surface area contributed by atoms with Crippen molar-refractivity contribution in [1.82, 2.24) is 0 Å². The molecule has 2 spiro atoms. The fraction of sp³-hybridized carbons (Fsp3) is 1.00. The molecule has 0 aromatic heterocycles. The molecule has 9 rings (SSSR count). The van der Waals surface area contributed by atoms with Crippen LogP contribution in [0.3, 0.4) is 0 Å². The first-order valence-electron chi connectivity index (χ1n) is 21.4. The van der Waals surface area contributed by atoms with Gasteiger partial charge in [0.1, 0.15) is 48.3 Å². The van der Waals surface area contributed by atoms with Gasteiger partial charge >= 0.3 is 0 Å². The van der Waals surface area contributed by atoms with Gasteiger partial charge in [-0.3, -0.25) is 0 Å². The maximum Gasteiger partial charge on any atom is 0.187 e. The fourth-order valence-corrected chi connectivity index (χ4v) is 15.2. The summed E-state index contributed by atoms with van der Waals surface area (Å²) < 4.78 is 45.4. The van der Waals surface area contributed by atoms with Crippen LogP contribution in [0.25, 0.3) is 0 Å². The summed E-state index contributed by atoms with van der Waals surface area (Å²) >= 11 is 0. The normalized spacial score (nSPS) is 59.9. The van der Waals surface area contributed by atoms with Crippen LogP contribution in [0.1, 0.15) is 107 Å². The van der Waals surface area contributed by atoms with Crippen molar-refractivity contribution in [2.24, 2.45) is 45.3 Å². The largest absolute Gasteiger partial charge is 0.394 e. The summed E-state index contributed by atoms with van der Waals surface area (Å²) in [5.41, 5.74) is -1.86. The minimum Gasteiger partial charge on any atom is -0.394 e. The molecule has 12 unspecified atom stereocenters. The topological polar surface area (TPSA) is 206 Å². The number of aliphatic hydroxyl groups excluding tert-OH is 6. The van der Waals surface area contributed by atoms with Gasteiger partial charge in [-0.25, -0.2) is 0 Å². The molecule has 4 saturated carbocycles. The molecule has 7 N–H and O–H groups in total. The summed E-state index contributed by atoms with van der Waals surface area (Å²) in [6.07, 6.45) is -6.98. The SMILES string of the molecule is C[C@@H]1O[C@@H](O[C@H]2[C@H](OC3CCC4(C)C(CCC5(C)C4CCC4C6C7(CC45CO7)OC4CC(C(C)(C)O)OC46C)C3(C)C)O[C@H](CO)[C@H](O)[C@@H]2O)[C@H](O)[C@H](O)[C@H]1O. The second-order valence-corrected chi connectivity index (χ2v) is 21.4. The van der Waals surface area contributed by atoms with Crippen LogP contribution in [0, 0.1) is 45.3 Å². The third-order valence-electron chi connectivity index (χ3n) is 18.0. The molecule has 5 saturated heterocycles. The fourth-order valence-electron chi connectivity index (χ4n) is 15.2. The Bertz CT molecular complexity index is 1520. The van der Waals surface area contributed by atoms with Crippen LogP contribution >= 0.6 is 0 Å². The van der Waals surface area contributed by atoms with Crippen LogP contribution in [0.4, 0.5) is 0 Å². The summed E-state index contributed by atoms with van der Waals surface area (Å²) in [7, 11) is 0. The first kappa shape index (κ1) is 40.8. The minimum atomic E-state index is -1.63. The Balaban J connectivity index is 0.957. The van der Waals surface area contributed by atoms with Crippen molar-refractivity contribution in [3.8, 4) is 0 Å². The number of fused-ring (bicyclic) bond motifs is 6. The Hall–Kier alpha value is -0.560. The lowest BCUT2D eigenvalue weighted by Crippen LogP contribution is -2.67. The van der Waals surface area contributed by atoms with Gasteiger partial charge in [-0.2, -0.15) is 0 Å². The predicted octanol–water partition coefficient (Wildman–Crippen LogP) is 1.74. The number of rotatable bonds is 6. The Morgan fingerprint density at radius 1 is 0.768 bits per heavy atom. The first-order chi connectivity index (χ1) is 26.1. The Labute approximate surface area is 330 Å². The van der Waals surface area contributed by atoms with Crippen LogP contribution in [-0.2, 0) is 33.2 Å². The summed E-state index contributed by atoms with van der Waals surface area (Å²) in [5.74, 6) is 0.596. The molecule has 2 bridgehead atoms. The maximum atomic E-state index is 11.3. The van der Waals surface area contributed by atoms with Crippen LogP contribution in [0.2, 0.25) is 0 Å². The second-order valence-electron chi connectivity index (χ2n) is 21.4. The van der Waals surface area contributed by atoms with Gasteiger partial charge in [0, 0.05) is 24.2 Å². The zero-order valence-electron chi connectivity index (χ0n) is 34.4. The molecule has 9 aliphatic rings. The lowest BCUT2D eigenvalue weighted by Gasteiger charge is -2.70. The molecule has 0 amide bonds. The van der Waals surface area contributed by atoms with Crippen LogP contribution in [0.5, 0.6) is 0 Å². The molecule has 5 aliphatic heterocycles. The van der Waals surface area contributed by atoms with Crippen molar-refractivity contribution in [1.29, 1.82) is 0 Å². The lowest BCUT2D eigenvalue weighted by atomic mass is 9.35. The maximum absolute atomic E-state index is 11.3. The number of aliphatic hydroxyl groups is 7. The Morgan fingerprint density at radius 2 is 1.50 bits per heavy atom. The first-order valence-corrected chi connectivity index (χ1v) is 21.4. The van der Waals surface area contributed by atoms with Crippen LogP contribution in [0.15, 0.2) is 0 Å². The van der Waals surface area contributed by atoms with E-state index in [-0.39, 0.29) is 51.8 Å². The summed E-state index contributed by atoms with van der Waals surface area (Å²) in [4.78, 5) is 0. The zero-order valence-corrected chi connectivity index (χ0v) is 34.4. The third-order valence-corrected chi connectivity index (χ3v) is 18.0. The Kier molecular flexibility index (Phi) is 9.46. The van der Waals surface area contributed by atoms with E-state index in [1.54, 1.807) is 0 Å². The second kappa shape index (κ2) is 13.0. The van der Waals surface area contributed by atoms with Gasteiger partial charge in [-0.05, 0) is 100 Å². The van der Waals surface area contributed by atoms with Crippen molar-refractivity contribution < 1.29 is 68.9 Å². The molecule has 5 heterocycles. The highest BCUT2D eigenvalue weighted by molar-refractivity contribution is 5.29. The molecule has 9 fully saturated rings. The molecule has 22 atom stereocenters. The van der Waals surface area contributed by atoms with Gasteiger partial charge in [-0.15, -0.1) is 0 Å². The van der Waals surface area contributed by atoms with E-state index in [2.05, 4.69) is 34.6 Å². The quantitative estimate of drug-likeness (QED) is 0.192. The van der Waals surface area contributed by atoms with Gasteiger partial charge in [-0.1, -0.05) is 27.7 Å². The van der Waals surface area contributed by atoms with Gasteiger partial charge in [0.15, 0.2) is 18.4 Å². The molecule has 14 nitrogen and oxygen atoms in total. The summed E-state index contributed by atoms with van der Waals surface area (Å²) in [6.45, 7) is 17.1. The van der Waals surface area contributed by atoms with Gasteiger partial charge < -0.3 is 68.9 Å². The third kappa shape index (κ3) is 5.30. The van der Waals surface area contributed by atoms with Crippen molar-refractivity contribution >= 4 is 0 Å². The Morgan fingerprint density at radius 3 is 2.20 bits per heavy atom. The molecule has 320 valence electrons. The molecule has 56 heavy (non-hydrogen) atoms. The average molecular weight is 797 g/mol. The van der Waals surface area contributed by atoms with E-state index in [1.807, 2.05) is 13.8 Å². The van der Waals surface area contributed by atoms with E-state index >= 15 is 0 Å². The van der Waals surface area contributed by atoms with Gasteiger partial charge in [0.05, 0.1) is 43.2 Å².